The standard InChI is InChI=1S/C42H66N4O6/c1-26(2)17-35(23-44(9)10)45(22-33-15-12-16-34-25-50-52-40(33)34)20-31-13-11-14-32(19-31)21-46-39(38(30(6)48)37(24-47)51-46)41(49)43-36-18-27(3)42(7,8)29(5)28(36)4/h11-16,19,26-30,35-39,47-48H,17-18,20-25H2,1-10H3,(H,43,49)/t27-,28+,29+,30+,35+,36+,37+,38-,39+/m1/s1. The third-order valence-electron chi connectivity index (χ3n) is 12.6. The fraction of sp³-hybridized carbons (Fsp3) is 0.690. The normalized spacial score (nSPS) is 28.6. The molecule has 3 N–H and O–H groups in total. The monoisotopic (exact) mass is 722 g/mol. The first-order chi connectivity index (χ1) is 24.6. The van der Waals surface area contributed by atoms with Crippen LogP contribution in [0.2, 0.25) is 0 Å². The van der Waals surface area contributed by atoms with Gasteiger partial charge in [-0.15, -0.1) is 0 Å². The van der Waals surface area contributed by atoms with Crippen molar-refractivity contribution in [1.82, 2.24) is 20.2 Å². The van der Waals surface area contributed by atoms with Crippen molar-refractivity contribution in [1.29, 1.82) is 0 Å². The van der Waals surface area contributed by atoms with Crippen LogP contribution in [0, 0.1) is 35.0 Å². The Bertz CT molecular complexity index is 1470. The van der Waals surface area contributed by atoms with E-state index in [2.05, 4.69) is 120 Å². The van der Waals surface area contributed by atoms with E-state index in [0.29, 0.717) is 49.4 Å². The Labute approximate surface area is 312 Å². The Hall–Kier alpha value is -2.57. The molecule has 1 amide bonds. The highest BCUT2D eigenvalue weighted by Crippen LogP contribution is 2.47. The largest absolute Gasteiger partial charge is 0.394 e. The maximum atomic E-state index is 14.3. The number of likely N-dealkylation sites (N-methyl/N-ethyl adjacent to an activating group) is 1. The molecule has 1 saturated carbocycles. The Kier molecular flexibility index (Phi) is 13.5. The molecule has 0 bridgehead atoms. The summed E-state index contributed by atoms with van der Waals surface area (Å²) in [5.74, 6) is 1.79. The first-order valence-corrected chi connectivity index (χ1v) is 19.5. The molecule has 0 spiro atoms. The average molecular weight is 723 g/mol. The summed E-state index contributed by atoms with van der Waals surface area (Å²) < 4.78 is 0. The minimum atomic E-state index is -0.846. The number of rotatable bonds is 15. The lowest BCUT2D eigenvalue weighted by Crippen LogP contribution is -2.56. The number of fused-ring (bicyclic) bond motifs is 1. The van der Waals surface area contributed by atoms with Gasteiger partial charge in [-0.1, -0.05) is 90.9 Å². The van der Waals surface area contributed by atoms with Crippen LogP contribution in [0.3, 0.4) is 0 Å². The summed E-state index contributed by atoms with van der Waals surface area (Å²) in [6, 6.07) is 14.3. The van der Waals surface area contributed by atoms with Crippen LogP contribution in [-0.2, 0) is 40.8 Å². The topological polar surface area (TPSA) is 107 Å². The van der Waals surface area contributed by atoms with E-state index in [1.54, 1.807) is 12.0 Å². The highest BCUT2D eigenvalue weighted by molar-refractivity contribution is 5.82. The molecule has 3 aliphatic rings. The lowest BCUT2D eigenvalue weighted by molar-refractivity contribution is -0.195. The number of amides is 1. The van der Waals surface area contributed by atoms with Crippen LogP contribution >= 0.6 is 0 Å². The summed E-state index contributed by atoms with van der Waals surface area (Å²) in [5, 5.41) is 26.4. The van der Waals surface area contributed by atoms with Crippen molar-refractivity contribution in [3.63, 3.8) is 0 Å². The van der Waals surface area contributed by atoms with Gasteiger partial charge in [0.2, 0.25) is 5.91 Å². The summed E-state index contributed by atoms with van der Waals surface area (Å²) in [6.07, 6.45) is 0.411. The molecule has 10 nitrogen and oxygen atoms in total. The number of hydroxylamine groups is 2. The Balaban J connectivity index is 1.39. The number of benzene rings is 2. The van der Waals surface area contributed by atoms with E-state index in [0.717, 1.165) is 53.9 Å². The van der Waals surface area contributed by atoms with Crippen molar-refractivity contribution < 1.29 is 29.6 Å². The zero-order valence-corrected chi connectivity index (χ0v) is 33.3. The number of carbonyl (C=O) groups excluding carboxylic acids is 1. The first-order valence-electron chi connectivity index (χ1n) is 19.5. The molecule has 9 atom stereocenters. The van der Waals surface area contributed by atoms with E-state index in [9.17, 15) is 15.0 Å². The molecule has 0 unspecified atom stereocenters. The molecule has 2 aromatic rings. The molecular weight excluding hydrogens is 656 g/mol. The van der Waals surface area contributed by atoms with E-state index in [1.165, 1.54) is 0 Å². The number of carbonyl (C=O) groups is 1. The zero-order valence-electron chi connectivity index (χ0n) is 33.3. The minimum absolute atomic E-state index is 0.0215. The lowest BCUT2D eigenvalue weighted by atomic mass is 9.58. The number of hydrogen-bond acceptors (Lipinski definition) is 9. The molecule has 10 heteroatoms. The van der Waals surface area contributed by atoms with Crippen LogP contribution in [0.4, 0.5) is 0 Å². The smallest absolute Gasteiger partial charge is 0.240 e. The summed E-state index contributed by atoms with van der Waals surface area (Å²) >= 11 is 0. The molecule has 2 aromatic carbocycles. The summed E-state index contributed by atoms with van der Waals surface area (Å²) in [5.41, 5.74) is 4.51. The molecule has 2 heterocycles. The predicted molar refractivity (Wildman–Crippen MR) is 204 cm³/mol. The fourth-order valence-electron chi connectivity index (χ4n) is 8.92. The van der Waals surface area contributed by atoms with Gasteiger partial charge < -0.3 is 25.3 Å². The maximum absolute atomic E-state index is 14.3. The zero-order chi connectivity index (χ0) is 37.9. The lowest BCUT2D eigenvalue weighted by Gasteiger charge is -2.50. The Morgan fingerprint density at radius 3 is 2.44 bits per heavy atom. The number of aliphatic hydroxyl groups excluding tert-OH is 2. The van der Waals surface area contributed by atoms with Gasteiger partial charge in [-0.25, -0.2) is 0 Å². The van der Waals surface area contributed by atoms with Crippen LogP contribution in [0.1, 0.15) is 90.5 Å². The van der Waals surface area contributed by atoms with Gasteiger partial charge in [0, 0.05) is 48.8 Å². The molecule has 2 aliphatic heterocycles. The van der Waals surface area contributed by atoms with Crippen molar-refractivity contribution in [3.8, 4) is 5.75 Å². The van der Waals surface area contributed by atoms with Gasteiger partial charge in [-0.3, -0.25) is 14.5 Å². The van der Waals surface area contributed by atoms with Crippen molar-refractivity contribution in [2.75, 3.05) is 27.2 Å². The van der Waals surface area contributed by atoms with Crippen LogP contribution in [-0.4, -0.2) is 88.6 Å². The molecule has 52 heavy (non-hydrogen) atoms. The van der Waals surface area contributed by atoms with E-state index >= 15 is 0 Å². The minimum Gasteiger partial charge on any atom is -0.394 e. The second kappa shape index (κ2) is 17.3. The summed E-state index contributed by atoms with van der Waals surface area (Å²) in [4.78, 5) is 36.4. The summed E-state index contributed by atoms with van der Waals surface area (Å²) in [7, 11) is 4.26. The SMILES string of the molecule is CC(C)C[C@@H](CN(C)C)N(Cc1cccc(CN2O[C@@H](CO)[C@@H]([C@H](C)O)[C@H]2C(=O)N[C@H]2C[C@@H](C)C(C)(C)[C@@H](C)[C@@H]2C)c1)Cc1cccc2c1OOC2. The van der Waals surface area contributed by atoms with Gasteiger partial charge in [0.1, 0.15) is 18.8 Å². The van der Waals surface area contributed by atoms with Crippen LogP contribution in [0.25, 0.3) is 0 Å². The number of nitrogens with zero attached hydrogens (tertiary/aromatic N) is 3. The maximum Gasteiger partial charge on any atom is 0.240 e. The van der Waals surface area contributed by atoms with Gasteiger partial charge in [-0.2, -0.15) is 9.95 Å². The van der Waals surface area contributed by atoms with Crippen LogP contribution < -0.4 is 10.2 Å². The van der Waals surface area contributed by atoms with Crippen molar-refractivity contribution >= 4 is 5.91 Å². The second-order valence-corrected chi connectivity index (χ2v) is 17.4. The highest BCUT2D eigenvalue weighted by atomic mass is 17.2. The fourth-order valence-corrected chi connectivity index (χ4v) is 8.92. The van der Waals surface area contributed by atoms with E-state index < -0.39 is 24.2 Å². The van der Waals surface area contributed by atoms with Gasteiger partial charge in [0.15, 0.2) is 5.75 Å². The molecule has 1 aliphatic carbocycles. The summed E-state index contributed by atoms with van der Waals surface area (Å²) in [6.45, 7) is 20.6. The van der Waals surface area contributed by atoms with E-state index in [4.69, 9.17) is 14.6 Å². The number of hydrogen-bond donors (Lipinski definition) is 3. The molecule has 0 radical (unpaired) electrons. The average Bonchev–Trinajstić information content (AvgIpc) is 3.71. The van der Waals surface area contributed by atoms with Crippen molar-refractivity contribution in [2.24, 2.45) is 35.0 Å². The van der Waals surface area contributed by atoms with Gasteiger partial charge in [0.25, 0.3) is 0 Å². The first kappa shape index (κ1) is 40.6. The molecule has 0 aromatic heterocycles. The van der Waals surface area contributed by atoms with Crippen molar-refractivity contribution in [2.45, 2.75) is 125 Å². The third-order valence-corrected chi connectivity index (χ3v) is 12.6. The predicted octanol–water partition coefficient (Wildman–Crippen LogP) is 5.79. The van der Waals surface area contributed by atoms with Crippen LogP contribution in [0.5, 0.6) is 5.75 Å². The van der Waals surface area contributed by atoms with E-state index in [-0.39, 0.29) is 24.0 Å². The number of aliphatic hydroxyl groups is 2. The molecular formula is C42H66N4O6. The second-order valence-electron chi connectivity index (χ2n) is 17.4. The number of para-hydroxylation sites is 1. The highest BCUT2D eigenvalue weighted by Gasteiger charge is 2.51. The quantitative estimate of drug-likeness (QED) is 0.197. The molecule has 290 valence electrons. The van der Waals surface area contributed by atoms with Gasteiger partial charge in [-0.05, 0) is 74.1 Å². The number of nitrogens with one attached hydrogen (secondary N) is 1. The van der Waals surface area contributed by atoms with Crippen LogP contribution in [0.15, 0.2) is 42.5 Å². The Morgan fingerprint density at radius 1 is 1.06 bits per heavy atom. The molecule has 2 fully saturated rings. The molecule has 5 rings (SSSR count). The third kappa shape index (κ3) is 9.20. The van der Waals surface area contributed by atoms with Crippen molar-refractivity contribution in [3.05, 3.63) is 64.7 Å². The van der Waals surface area contributed by atoms with Gasteiger partial charge in [0.05, 0.1) is 19.3 Å². The van der Waals surface area contributed by atoms with Gasteiger partial charge >= 0.3 is 0 Å². The Morgan fingerprint density at radius 2 is 1.77 bits per heavy atom. The molecule has 1 saturated heterocycles. The van der Waals surface area contributed by atoms with E-state index in [1.807, 2.05) is 0 Å².